The molecule has 0 unspecified atom stereocenters. The van der Waals surface area contributed by atoms with Crippen LogP contribution in [0.1, 0.15) is 5.56 Å². The lowest BCUT2D eigenvalue weighted by Crippen LogP contribution is -2.33. The lowest BCUT2D eigenvalue weighted by atomic mass is 10.1. The van der Waals surface area contributed by atoms with Gasteiger partial charge in [-0.3, -0.25) is 9.47 Å². The van der Waals surface area contributed by atoms with Gasteiger partial charge in [-0.25, -0.2) is 4.98 Å². The fourth-order valence-corrected chi connectivity index (χ4v) is 3.18. The zero-order valence-corrected chi connectivity index (χ0v) is 15.0. The molecule has 0 saturated carbocycles. The molecule has 0 N–H and O–H groups in total. The van der Waals surface area contributed by atoms with Crippen molar-refractivity contribution in [1.82, 2.24) is 19.4 Å². The molecule has 0 saturated heterocycles. The van der Waals surface area contributed by atoms with Crippen molar-refractivity contribution in [3.8, 4) is 17.1 Å². The second-order valence-corrected chi connectivity index (χ2v) is 6.50. The van der Waals surface area contributed by atoms with Crippen molar-refractivity contribution < 1.29 is 14.1 Å². The normalized spacial score (nSPS) is 14.6. The van der Waals surface area contributed by atoms with Gasteiger partial charge in [-0.05, 0) is 28.2 Å². The molecular formula is C19H18FN5O3. The van der Waals surface area contributed by atoms with Gasteiger partial charge < -0.3 is 14.9 Å². The Labute approximate surface area is 160 Å². The number of rotatable bonds is 4. The smallest absolute Gasteiger partial charge is 0.414 e. The number of benzene rings is 1. The molecule has 1 aliphatic rings. The van der Waals surface area contributed by atoms with E-state index in [1.54, 1.807) is 16.7 Å². The van der Waals surface area contributed by atoms with E-state index in [0.29, 0.717) is 38.3 Å². The number of aromatic nitrogens is 3. The lowest BCUT2D eigenvalue weighted by Gasteiger charge is -2.24. The van der Waals surface area contributed by atoms with Crippen molar-refractivity contribution in [2.45, 2.75) is 13.1 Å². The van der Waals surface area contributed by atoms with Gasteiger partial charge in [0.2, 0.25) is 5.95 Å². The third-order valence-corrected chi connectivity index (χ3v) is 4.64. The fraction of sp³-hybridized carbons (Fsp3) is 0.263. The van der Waals surface area contributed by atoms with Crippen LogP contribution in [0.25, 0.3) is 11.1 Å². The predicted octanol–water partition coefficient (Wildman–Crippen LogP) is 2.89. The maximum Gasteiger partial charge on any atom is 0.414 e. The molecule has 0 radical (unpaired) electrons. The molecule has 1 aromatic carbocycles. The van der Waals surface area contributed by atoms with Gasteiger partial charge in [0.05, 0.1) is 0 Å². The first kappa shape index (κ1) is 18.1. The average Bonchev–Trinajstić information content (AvgIpc) is 3.08. The van der Waals surface area contributed by atoms with Crippen LogP contribution < -0.4 is 4.74 Å². The molecule has 9 heteroatoms. The number of nitrogens with zero attached hydrogens (tertiary/aromatic N) is 5. The van der Waals surface area contributed by atoms with Crippen LogP contribution in [0.4, 0.5) is 10.2 Å². The number of pyridine rings is 1. The van der Waals surface area contributed by atoms with Gasteiger partial charge >= 0.3 is 11.8 Å². The second-order valence-electron chi connectivity index (χ2n) is 6.50. The molecule has 3 aromatic rings. The molecule has 4 rings (SSSR count). The number of halogens is 1. The zero-order valence-electron chi connectivity index (χ0n) is 15.0. The molecule has 0 aliphatic carbocycles. The van der Waals surface area contributed by atoms with Gasteiger partial charge in [-0.15, -0.1) is 0 Å². The zero-order chi connectivity index (χ0) is 19.5. The van der Waals surface area contributed by atoms with E-state index in [1.807, 2.05) is 24.3 Å². The van der Waals surface area contributed by atoms with E-state index in [2.05, 4.69) is 14.9 Å². The lowest BCUT2D eigenvalue weighted by molar-refractivity contribution is -0.389. The topological polar surface area (TPSA) is 86.3 Å². The third kappa shape index (κ3) is 3.84. The molecule has 0 amide bonds. The van der Waals surface area contributed by atoms with Crippen LogP contribution in [0.5, 0.6) is 6.01 Å². The van der Waals surface area contributed by atoms with Gasteiger partial charge in [0.15, 0.2) is 0 Å². The quantitative estimate of drug-likeness (QED) is 0.391. The van der Waals surface area contributed by atoms with Gasteiger partial charge in [0.25, 0.3) is 0 Å². The molecule has 2 aromatic heterocycles. The molecule has 8 nitrogen and oxygen atoms in total. The third-order valence-electron chi connectivity index (χ3n) is 4.64. The average molecular weight is 383 g/mol. The van der Waals surface area contributed by atoms with Crippen molar-refractivity contribution in [2.75, 3.05) is 19.7 Å². The Morgan fingerprint density at radius 1 is 1.18 bits per heavy atom. The predicted molar refractivity (Wildman–Crippen MR) is 99.3 cm³/mol. The first-order chi connectivity index (χ1) is 13.6. The summed E-state index contributed by atoms with van der Waals surface area (Å²) in [6.45, 7) is 3.04. The van der Waals surface area contributed by atoms with E-state index in [4.69, 9.17) is 4.74 Å². The van der Waals surface area contributed by atoms with Crippen molar-refractivity contribution in [3.05, 3.63) is 70.4 Å². The summed E-state index contributed by atoms with van der Waals surface area (Å²) in [4.78, 5) is 20.1. The Kier molecular flexibility index (Phi) is 4.98. The van der Waals surface area contributed by atoms with Gasteiger partial charge in [-0.2, -0.15) is 4.39 Å². The molecule has 0 bridgehead atoms. The number of hydrogen-bond acceptors (Lipinski definition) is 6. The molecule has 3 heterocycles. The van der Waals surface area contributed by atoms with Crippen LogP contribution in [0.15, 0.2) is 48.8 Å². The van der Waals surface area contributed by atoms with E-state index in [1.165, 1.54) is 12.4 Å². The summed E-state index contributed by atoms with van der Waals surface area (Å²) < 4.78 is 21.1. The minimum absolute atomic E-state index is 0.207. The molecule has 28 heavy (non-hydrogen) atoms. The van der Waals surface area contributed by atoms with Crippen molar-refractivity contribution in [1.29, 1.82) is 0 Å². The first-order valence-electron chi connectivity index (χ1n) is 8.87. The van der Waals surface area contributed by atoms with Gasteiger partial charge in [0, 0.05) is 42.9 Å². The van der Waals surface area contributed by atoms with Crippen LogP contribution in [0.3, 0.4) is 0 Å². The SMILES string of the molecule is O=[N+]([O-])c1cn2c(n1)OCCN(Cc1ccc(-c3cccnc3F)cc1)CC2. The van der Waals surface area contributed by atoms with E-state index in [-0.39, 0.29) is 11.8 Å². The standard InChI is InChI=1S/C19H18FN5O3/c20-18-16(2-1-7-21-18)15-5-3-14(4-6-15)12-23-8-9-24-13-17(25(26)27)22-19(24)28-11-10-23/h1-7,13H,8-12H2. The summed E-state index contributed by atoms with van der Waals surface area (Å²) in [5.41, 5.74) is 2.34. The largest absolute Gasteiger partial charge is 0.444 e. The Hall–Kier alpha value is -3.33. The highest BCUT2D eigenvalue weighted by molar-refractivity contribution is 5.63. The van der Waals surface area contributed by atoms with Crippen LogP contribution in [-0.2, 0) is 13.1 Å². The monoisotopic (exact) mass is 383 g/mol. The highest BCUT2D eigenvalue weighted by Crippen LogP contribution is 2.23. The second kappa shape index (κ2) is 7.73. The summed E-state index contributed by atoms with van der Waals surface area (Å²) in [5, 5.41) is 10.9. The van der Waals surface area contributed by atoms with Crippen molar-refractivity contribution in [2.24, 2.45) is 0 Å². The van der Waals surface area contributed by atoms with Gasteiger partial charge in [0.1, 0.15) is 12.8 Å². The Bertz CT molecular complexity index is 989. The molecular weight excluding hydrogens is 365 g/mol. The number of nitro groups is 1. The van der Waals surface area contributed by atoms with E-state index < -0.39 is 10.9 Å². The molecule has 0 spiro atoms. The van der Waals surface area contributed by atoms with Crippen molar-refractivity contribution >= 4 is 5.82 Å². The number of hydrogen-bond donors (Lipinski definition) is 0. The van der Waals surface area contributed by atoms with Crippen LogP contribution in [0.2, 0.25) is 0 Å². The van der Waals surface area contributed by atoms with Crippen molar-refractivity contribution in [3.63, 3.8) is 0 Å². The Morgan fingerprint density at radius 2 is 2.00 bits per heavy atom. The van der Waals surface area contributed by atoms with E-state index in [0.717, 1.165) is 11.1 Å². The summed E-state index contributed by atoms with van der Waals surface area (Å²) in [6.07, 6.45) is 2.83. The highest BCUT2D eigenvalue weighted by Gasteiger charge is 2.22. The summed E-state index contributed by atoms with van der Waals surface area (Å²) in [6, 6.07) is 11.4. The van der Waals surface area contributed by atoms with Crippen LogP contribution in [-0.4, -0.2) is 44.1 Å². The summed E-state index contributed by atoms with van der Waals surface area (Å²) in [7, 11) is 0. The first-order valence-corrected chi connectivity index (χ1v) is 8.87. The van der Waals surface area contributed by atoms with Crippen LogP contribution in [0, 0.1) is 16.1 Å². The number of ether oxygens (including phenoxy) is 1. The molecule has 1 aliphatic heterocycles. The number of imidazole rings is 1. The van der Waals surface area contributed by atoms with Gasteiger partial charge in [-0.1, -0.05) is 24.3 Å². The molecule has 144 valence electrons. The summed E-state index contributed by atoms with van der Waals surface area (Å²) in [5.74, 6) is -0.692. The molecule has 0 atom stereocenters. The maximum absolute atomic E-state index is 13.8. The maximum atomic E-state index is 13.8. The Balaban J connectivity index is 1.43. The van der Waals surface area contributed by atoms with Crippen LogP contribution >= 0.6 is 0 Å². The Morgan fingerprint density at radius 3 is 2.75 bits per heavy atom. The minimum Gasteiger partial charge on any atom is -0.444 e. The van der Waals surface area contributed by atoms with E-state index in [9.17, 15) is 14.5 Å². The minimum atomic E-state index is -0.522. The van der Waals surface area contributed by atoms with E-state index >= 15 is 0 Å². The fourth-order valence-electron chi connectivity index (χ4n) is 3.18. The number of fused-ring (bicyclic) bond motifs is 1. The highest BCUT2D eigenvalue weighted by atomic mass is 19.1. The molecule has 0 fully saturated rings. The summed E-state index contributed by atoms with van der Waals surface area (Å²) >= 11 is 0.